The minimum Gasteiger partial charge on any atom is -0.396 e. The molecule has 0 aliphatic heterocycles. The van der Waals surface area contributed by atoms with E-state index in [0.29, 0.717) is 13.2 Å². The summed E-state index contributed by atoms with van der Waals surface area (Å²) in [7, 11) is 1.76. The molecule has 1 heterocycles. The molecule has 0 aliphatic carbocycles. The van der Waals surface area contributed by atoms with Crippen LogP contribution in [0.3, 0.4) is 0 Å². The third-order valence-electron chi connectivity index (χ3n) is 2.09. The molecule has 0 radical (unpaired) electrons. The summed E-state index contributed by atoms with van der Waals surface area (Å²) < 4.78 is 0. The minimum atomic E-state index is 0.303. The maximum Gasteiger partial charge on any atom is 0.188 e. The molecule has 0 spiro atoms. The van der Waals surface area contributed by atoms with Crippen molar-refractivity contribution < 1.29 is 5.11 Å². The van der Waals surface area contributed by atoms with E-state index in [2.05, 4.69) is 20.7 Å². The first kappa shape index (κ1) is 12.1. The van der Waals surface area contributed by atoms with Crippen LogP contribution in [0.15, 0.2) is 0 Å². The monoisotopic (exact) mass is 213 g/mol. The molecule has 1 aromatic heterocycles. The van der Waals surface area contributed by atoms with Gasteiger partial charge in [0.25, 0.3) is 0 Å². The van der Waals surface area contributed by atoms with Crippen LogP contribution in [0.2, 0.25) is 0 Å². The zero-order chi connectivity index (χ0) is 10.9. The van der Waals surface area contributed by atoms with Crippen molar-refractivity contribution in [2.45, 2.75) is 32.2 Å². The molecule has 1 aromatic rings. The number of nitrogens with zero attached hydrogens (tertiary/aromatic N) is 4. The van der Waals surface area contributed by atoms with Crippen LogP contribution in [-0.4, -0.2) is 38.5 Å². The molecule has 0 bridgehead atoms. The van der Waals surface area contributed by atoms with Crippen LogP contribution >= 0.6 is 0 Å². The fourth-order valence-electron chi connectivity index (χ4n) is 1.31. The van der Waals surface area contributed by atoms with Crippen LogP contribution in [0.1, 0.15) is 31.5 Å². The maximum absolute atomic E-state index is 8.58. The Morgan fingerprint density at radius 1 is 1.27 bits per heavy atom. The molecule has 0 saturated heterocycles. The van der Waals surface area contributed by atoms with E-state index in [1.807, 2.05) is 0 Å². The Balaban J connectivity index is 1.93. The lowest BCUT2D eigenvalue weighted by Gasteiger charge is -2.01. The molecule has 0 unspecified atom stereocenters. The van der Waals surface area contributed by atoms with Gasteiger partial charge in [-0.15, -0.1) is 10.2 Å². The van der Waals surface area contributed by atoms with Crippen LogP contribution in [-0.2, 0) is 13.6 Å². The van der Waals surface area contributed by atoms with Crippen molar-refractivity contribution in [1.82, 2.24) is 25.5 Å². The Morgan fingerprint density at radius 2 is 2.07 bits per heavy atom. The van der Waals surface area contributed by atoms with Gasteiger partial charge in [-0.3, -0.25) is 0 Å². The number of tetrazole rings is 1. The molecule has 6 heteroatoms. The van der Waals surface area contributed by atoms with E-state index in [9.17, 15) is 0 Å². The third-order valence-corrected chi connectivity index (χ3v) is 2.09. The predicted octanol–water partition coefficient (Wildman–Crippen LogP) is -0.148. The summed E-state index contributed by atoms with van der Waals surface area (Å²) in [5.74, 6) is 0.729. The van der Waals surface area contributed by atoms with E-state index in [1.54, 1.807) is 7.05 Å². The van der Waals surface area contributed by atoms with E-state index in [1.165, 1.54) is 4.80 Å². The Kier molecular flexibility index (Phi) is 5.87. The van der Waals surface area contributed by atoms with E-state index in [-0.39, 0.29) is 0 Å². The lowest BCUT2D eigenvalue weighted by molar-refractivity contribution is 0.282. The molecule has 6 nitrogen and oxygen atoms in total. The van der Waals surface area contributed by atoms with Gasteiger partial charge < -0.3 is 10.4 Å². The normalized spacial score (nSPS) is 10.8. The quantitative estimate of drug-likeness (QED) is 0.587. The van der Waals surface area contributed by atoms with Crippen LogP contribution in [0.25, 0.3) is 0 Å². The highest BCUT2D eigenvalue weighted by atomic mass is 16.2. The standard InChI is InChI=1S/C9H19N5O/c1-14-12-9(11-13-14)8-10-6-4-2-3-5-7-15/h10,15H,2-8H2,1H3. The number of unbranched alkanes of at least 4 members (excludes halogenated alkanes) is 3. The molecule has 0 atom stereocenters. The second-order valence-electron chi connectivity index (χ2n) is 3.51. The molecule has 1 rings (SSSR count). The first-order valence-corrected chi connectivity index (χ1v) is 5.37. The van der Waals surface area contributed by atoms with Gasteiger partial charge >= 0.3 is 0 Å². The first-order valence-electron chi connectivity index (χ1n) is 5.37. The SMILES string of the molecule is Cn1nnc(CNCCCCCCO)n1. The number of aryl methyl sites for hydroxylation is 1. The summed E-state index contributed by atoms with van der Waals surface area (Å²) in [5, 5.41) is 23.5. The average molecular weight is 213 g/mol. The summed E-state index contributed by atoms with van der Waals surface area (Å²) in [6, 6.07) is 0. The van der Waals surface area contributed by atoms with Gasteiger partial charge in [-0.05, 0) is 24.6 Å². The molecule has 0 aliphatic rings. The van der Waals surface area contributed by atoms with Gasteiger partial charge in [0.2, 0.25) is 0 Å². The van der Waals surface area contributed by atoms with Gasteiger partial charge in [-0.1, -0.05) is 12.8 Å². The summed E-state index contributed by atoms with van der Waals surface area (Å²) in [4.78, 5) is 1.46. The highest BCUT2D eigenvalue weighted by Crippen LogP contribution is 1.97. The second kappa shape index (κ2) is 7.30. The van der Waals surface area contributed by atoms with Gasteiger partial charge in [0, 0.05) is 6.61 Å². The van der Waals surface area contributed by atoms with Crippen LogP contribution in [0.5, 0.6) is 0 Å². The summed E-state index contributed by atoms with van der Waals surface area (Å²) >= 11 is 0. The average Bonchev–Trinajstić information content (AvgIpc) is 2.63. The first-order chi connectivity index (χ1) is 7.33. The number of hydrogen-bond acceptors (Lipinski definition) is 5. The number of aromatic nitrogens is 4. The zero-order valence-electron chi connectivity index (χ0n) is 9.19. The number of nitrogens with one attached hydrogen (secondary N) is 1. The Bertz CT molecular complexity index is 263. The summed E-state index contributed by atoms with van der Waals surface area (Å²) in [6.07, 6.45) is 4.29. The lowest BCUT2D eigenvalue weighted by atomic mass is 10.2. The summed E-state index contributed by atoms with van der Waals surface area (Å²) in [6.45, 7) is 1.94. The van der Waals surface area contributed by atoms with Gasteiger partial charge in [-0.25, -0.2) is 0 Å². The van der Waals surface area contributed by atoms with E-state index in [0.717, 1.165) is 38.1 Å². The van der Waals surface area contributed by atoms with E-state index in [4.69, 9.17) is 5.11 Å². The molecule has 0 saturated carbocycles. The second-order valence-corrected chi connectivity index (χ2v) is 3.51. The fraction of sp³-hybridized carbons (Fsp3) is 0.889. The molecule has 0 amide bonds. The lowest BCUT2D eigenvalue weighted by Crippen LogP contribution is -2.15. The smallest absolute Gasteiger partial charge is 0.188 e. The van der Waals surface area contributed by atoms with Crippen molar-refractivity contribution in [3.05, 3.63) is 5.82 Å². The fourth-order valence-corrected chi connectivity index (χ4v) is 1.31. The third kappa shape index (κ3) is 5.44. The number of aliphatic hydroxyl groups excluding tert-OH is 1. The molecular formula is C9H19N5O. The van der Waals surface area contributed by atoms with E-state index >= 15 is 0 Å². The number of aliphatic hydroxyl groups is 1. The van der Waals surface area contributed by atoms with Crippen LogP contribution in [0.4, 0.5) is 0 Å². The van der Waals surface area contributed by atoms with Gasteiger partial charge in [0.1, 0.15) is 0 Å². The van der Waals surface area contributed by atoms with Crippen molar-refractivity contribution >= 4 is 0 Å². The minimum absolute atomic E-state index is 0.303. The van der Waals surface area contributed by atoms with Crippen LogP contribution < -0.4 is 5.32 Å². The number of hydrogen-bond donors (Lipinski definition) is 2. The van der Waals surface area contributed by atoms with Crippen LogP contribution in [0, 0.1) is 0 Å². The highest BCUT2D eigenvalue weighted by molar-refractivity contribution is 4.74. The molecule has 0 fully saturated rings. The Labute approximate surface area is 89.7 Å². The maximum atomic E-state index is 8.58. The zero-order valence-corrected chi connectivity index (χ0v) is 9.19. The molecule has 86 valence electrons. The van der Waals surface area contributed by atoms with Gasteiger partial charge in [-0.2, -0.15) is 4.80 Å². The predicted molar refractivity (Wildman–Crippen MR) is 56.1 cm³/mol. The van der Waals surface area contributed by atoms with Gasteiger partial charge in [0.05, 0.1) is 13.6 Å². The Morgan fingerprint density at radius 3 is 2.73 bits per heavy atom. The molecule has 15 heavy (non-hydrogen) atoms. The molecule has 2 N–H and O–H groups in total. The molecular weight excluding hydrogens is 194 g/mol. The largest absolute Gasteiger partial charge is 0.396 e. The van der Waals surface area contributed by atoms with Crippen molar-refractivity contribution in [1.29, 1.82) is 0 Å². The Hall–Kier alpha value is -1.01. The van der Waals surface area contributed by atoms with Crippen molar-refractivity contribution in [2.75, 3.05) is 13.2 Å². The summed E-state index contributed by atoms with van der Waals surface area (Å²) in [5.41, 5.74) is 0. The highest BCUT2D eigenvalue weighted by Gasteiger charge is 1.98. The van der Waals surface area contributed by atoms with E-state index < -0.39 is 0 Å². The molecule has 0 aromatic carbocycles. The van der Waals surface area contributed by atoms with Crippen molar-refractivity contribution in [3.63, 3.8) is 0 Å². The van der Waals surface area contributed by atoms with Crippen molar-refractivity contribution in [2.24, 2.45) is 7.05 Å². The van der Waals surface area contributed by atoms with Gasteiger partial charge in [0.15, 0.2) is 5.82 Å². The van der Waals surface area contributed by atoms with Crippen molar-refractivity contribution in [3.8, 4) is 0 Å². The topological polar surface area (TPSA) is 75.9 Å². The number of rotatable bonds is 8.